The summed E-state index contributed by atoms with van der Waals surface area (Å²) < 4.78 is 29.8. The molecule has 3 rings (SSSR count). The lowest BCUT2D eigenvalue weighted by molar-refractivity contribution is -0.120. The third-order valence-corrected chi connectivity index (χ3v) is 5.41. The standard InChI is InChI=1S/C25H26ClF2N5O/c1-13(2)33-21-11-19(26)23(14-4-3-5-17(29)8-14)18(24(21)28)10-22(34)32-12-16-7-6-15(25(30)31)9-20(16)27/h3-9,11,13,33H,10,12,29H2,1-2H3,(H3,30,31)(H,32,34). The molecule has 34 heavy (non-hydrogen) atoms. The van der Waals surface area contributed by atoms with Gasteiger partial charge in [-0.05, 0) is 43.7 Å². The van der Waals surface area contributed by atoms with Crippen molar-refractivity contribution in [3.05, 3.63) is 81.9 Å². The molecular formula is C25H26ClF2N5O. The number of hydrogen-bond donors (Lipinski definition) is 5. The molecule has 6 nitrogen and oxygen atoms in total. The Labute approximate surface area is 201 Å². The van der Waals surface area contributed by atoms with Gasteiger partial charge in [0.15, 0.2) is 5.82 Å². The summed E-state index contributed by atoms with van der Waals surface area (Å²) in [6.45, 7) is 3.60. The molecule has 9 heteroatoms. The van der Waals surface area contributed by atoms with Gasteiger partial charge in [-0.15, -0.1) is 0 Å². The summed E-state index contributed by atoms with van der Waals surface area (Å²) in [5.41, 5.74) is 13.4. The Morgan fingerprint density at radius 2 is 1.88 bits per heavy atom. The van der Waals surface area contributed by atoms with E-state index in [1.165, 1.54) is 18.2 Å². The summed E-state index contributed by atoms with van der Waals surface area (Å²) in [5.74, 6) is -1.98. The molecule has 0 atom stereocenters. The van der Waals surface area contributed by atoms with Crippen LogP contribution in [0.1, 0.15) is 30.5 Å². The van der Waals surface area contributed by atoms with Gasteiger partial charge in [0.1, 0.15) is 11.7 Å². The number of nitrogens with one attached hydrogen (secondary N) is 3. The number of amides is 1. The monoisotopic (exact) mass is 485 g/mol. The topological polar surface area (TPSA) is 117 Å². The van der Waals surface area contributed by atoms with Gasteiger partial charge in [0, 0.05) is 40.5 Å². The number of amidine groups is 1. The number of halogens is 3. The van der Waals surface area contributed by atoms with Gasteiger partial charge in [-0.1, -0.05) is 35.9 Å². The van der Waals surface area contributed by atoms with E-state index < -0.39 is 17.5 Å². The molecule has 0 heterocycles. The molecule has 1 amide bonds. The minimum atomic E-state index is -0.606. The summed E-state index contributed by atoms with van der Waals surface area (Å²) in [6.07, 6.45) is -0.323. The zero-order valence-corrected chi connectivity index (χ0v) is 19.6. The van der Waals surface area contributed by atoms with Gasteiger partial charge in [-0.3, -0.25) is 10.2 Å². The summed E-state index contributed by atoms with van der Waals surface area (Å²) in [4.78, 5) is 12.8. The molecule has 0 aliphatic rings. The lowest BCUT2D eigenvalue weighted by atomic mass is 9.95. The summed E-state index contributed by atoms with van der Waals surface area (Å²) in [7, 11) is 0. The van der Waals surface area contributed by atoms with E-state index in [0.29, 0.717) is 16.8 Å². The van der Waals surface area contributed by atoms with E-state index >= 15 is 4.39 Å². The van der Waals surface area contributed by atoms with Crippen LogP contribution in [0.2, 0.25) is 5.02 Å². The van der Waals surface area contributed by atoms with Gasteiger partial charge in [0.05, 0.1) is 17.1 Å². The summed E-state index contributed by atoms with van der Waals surface area (Å²) in [5, 5.41) is 13.3. The molecule has 0 bridgehead atoms. The molecule has 0 saturated heterocycles. The highest BCUT2D eigenvalue weighted by Crippen LogP contribution is 2.38. The Hall–Kier alpha value is -3.65. The van der Waals surface area contributed by atoms with Crippen molar-refractivity contribution >= 4 is 34.7 Å². The van der Waals surface area contributed by atoms with Crippen molar-refractivity contribution in [1.29, 1.82) is 5.41 Å². The Morgan fingerprint density at radius 3 is 2.50 bits per heavy atom. The van der Waals surface area contributed by atoms with Crippen molar-refractivity contribution in [3.63, 3.8) is 0 Å². The quantitative estimate of drug-likeness (QED) is 0.178. The Bertz CT molecular complexity index is 1250. The van der Waals surface area contributed by atoms with Gasteiger partial charge < -0.3 is 22.1 Å². The number of nitrogens with two attached hydrogens (primary N) is 2. The third-order valence-electron chi connectivity index (χ3n) is 5.11. The first-order valence-electron chi connectivity index (χ1n) is 10.6. The number of carbonyl (C=O) groups excluding carboxylic acids is 1. The van der Waals surface area contributed by atoms with E-state index in [9.17, 15) is 9.18 Å². The van der Waals surface area contributed by atoms with Crippen molar-refractivity contribution < 1.29 is 13.6 Å². The molecule has 0 aliphatic carbocycles. The predicted octanol–water partition coefficient (Wildman–Crippen LogP) is 4.83. The smallest absolute Gasteiger partial charge is 0.224 e. The number of rotatable bonds is 8. The first-order chi connectivity index (χ1) is 16.1. The average Bonchev–Trinajstić information content (AvgIpc) is 2.75. The predicted molar refractivity (Wildman–Crippen MR) is 133 cm³/mol. The number of nitrogen functional groups attached to an aromatic ring is 2. The van der Waals surface area contributed by atoms with Crippen LogP contribution in [0.25, 0.3) is 11.1 Å². The van der Waals surface area contributed by atoms with Crippen molar-refractivity contribution in [2.24, 2.45) is 5.73 Å². The SMILES string of the molecule is CC(C)Nc1cc(Cl)c(-c2cccc(N)c2)c(CC(=O)NCc2ccc(C(=N)N)cc2F)c1F. The third kappa shape index (κ3) is 5.82. The minimum Gasteiger partial charge on any atom is -0.399 e. The van der Waals surface area contributed by atoms with Crippen LogP contribution in [0.3, 0.4) is 0 Å². The zero-order valence-electron chi connectivity index (χ0n) is 18.8. The maximum atomic E-state index is 15.5. The van der Waals surface area contributed by atoms with E-state index in [1.54, 1.807) is 24.3 Å². The average molecular weight is 486 g/mol. The van der Waals surface area contributed by atoms with Crippen LogP contribution in [0, 0.1) is 17.0 Å². The lowest BCUT2D eigenvalue weighted by Crippen LogP contribution is -2.26. The fraction of sp³-hybridized carbons (Fsp3) is 0.200. The molecule has 0 spiro atoms. The number of hydrogen-bond acceptors (Lipinski definition) is 4. The Morgan fingerprint density at radius 1 is 1.15 bits per heavy atom. The molecule has 0 radical (unpaired) electrons. The van der Waals surface area contributed by atoms with Gasteiger partial charge in [0.2, 0.25) is 5.91 Å². The van der Waals surface area contributed by atoms with Gasteiger partial charge in [0.25, 0.3) is 0 Å². The lowest BCUT2D eigenvalue weighted by Gasteiger charge is -2.19. The van der Waals surface area contributed by atoms with Gasteiger partial charge >= 0.3 is 0 Å². The van der Waals surface area contributed by atoms with Gasteiger partial charge in [-0.25, -0.2) is 8.78 Å². The molecule has 0 unspecified atom stereocenters. The molecule has 0 saturated carbocycles. The van der Waals surface area contributed by atoms with E-state index in [-0.39, 0.29) is 52.2 Å². The molecular weight excluding hydrogens is 460 g/mol. The highest BCUT2D eigenvalue weighted by molar-refractivity contribution is 6.34. The molecule has 3 aromatic rings. The Balaban J connectivity index is 1.92. The van der Waals surface area contributed by atoms with Crippen LogP contribution in [-0.4, -0.2) is 17.8 Å². The van der Waals surface area contributed by atoms with Crippen molar-refractivity contribution in [3.8, 4) is 11.1 Å². The van der Waals surface area contributed by atoms with E-state index in [2.05, 4.69) is 10.6 Å². The summed E-state index contributed by atoms with van der Waals surface area (Å²) in [6, 6.07) is 12.3. The highest BCUT2D eigenvalue weighted by atomic mass is 35.5. The van der Waals surface area contributed by atoms with Crippen LogP contribution in [0.5, 0.6) is 0 Å². The Kier molecular flexibility index (Phi) is 7.73. The minimum absolute atomic E-state index is 0.0635. The molecule has 7 N–H and O–H groups in total. The van der Waals surface area contributed by atoms with Crippen LogP contribution in [0.4, 0.5) is 20.2 Å². The fourth-order valence-electron chi connectivity index (χ4n) is 3.54. The molecule has 0 fully saturated rings. The number of anilines is 2. The second kappa shape index (κ2) is 10.5. The van der Waals surface area contributed by atoms with Crippen molar-refractivity contribution in [2.75, 3.05) is 11.1 Å². The fourth-order valence-corrected chi connectivity index (χ4v) is 3.87. The second-order valence-electron chi connectivity index (χ2n) is 8.17. The second-order valence-corrected chi connectivity index (χ2v) is 8.58. The molecule has 0 aromatic heterocycles. The largest absolute Gasteiger partial charge is 0.399 e. The van der Waals surface area contributed by atoms with E-state index in [0.717, 1.165) is 6.07 Å². The number of benzene rings is 3. The molecule has 0 aliphatic heterocycles. The van der Waals surface area contributed by atoms with Crippen LogP contribution in [0.15, 0.2) is 48.5 Å². The first-order valence-corrected chi connectivity index (χ1v) is 11.0. The van der Waals surface area contributed by atoms with Crippen molar-refractivity contribution in [2.45, 2.75) is 32.9 Å². The molecule has 178 valence electrons. The summed E-state index contributed by atoms with van der Waals surface area (Å²) >= 11 is 6.54. The highest BCUT2D eigenvalue weighted by Gasteiger charge is 2.22. The van der Waals surface area contributed by atoms with Crippen LogP contribution >= 0.6 is 11.6 Å². The maximum absolute atomic E-state index is 15.5. The number of carbonyl (C=O) groups is 1. The van der Waals surface area contributed by atoms with E-state index in [4.69, 9.17) is 28.5 Å². The molecule has 3 aromatic carbocycles. The van der Waals surface area contributed by atoms with Crippen LogP contribution in [-0.2, 0) is 17.8 Å². The van der Waals surface area contributed by atoms with Crippen molar-refractivity contribution in [1.82, 2.24) is 5.32 Å². The normalized spacial score (nSPS) is 10.9. The first kappa shape index (κ1) is 25.0. The van der Waals surface area contributed by atoms with Gasteiger partial charge in [-0.2, -0.15) is 0 Å². The van der Waals surface area contributed by atoms with Crippen LogP contribution < -0.4 is 22.1 Å². The zero-order chi connectivity index (χ0) is 25.0. The van der Waals surface area contributed by atoms with E-state index in [1.807, 2.05) is 13.8 Å². The maximum Gasteiger partial charge on any atom is 0.224 e.